The Bertz CT molecular complexity index is 959. The first-order valence-electron chi connectivity index (χ1n) is 7.45. The van der Waals surface area contributed by atoms with Crippen molar-refractivity contribution < 1.29 is 0 Å². The number of rotatable bonds is 3. The Morgan fingerprint density at radius 3 is 2.65 bits per heavy atom. The van der Waals surface area contributed by atoms with Crippen LogP contribution in [0.3, 0.4) is 0 Å². The summed E-state index contributed by atoms with van der Waals surface area (Å²) in [7, 11) is 0. The third-order valence-electron chi connectivity index (χ3n) is 3.93. The summed E-state index contributed by atoms with van der Waals surface area (Å²) in [4.78, 5) is 13.0. The van der Waals surface area contributed by atoms with Gasteiger partial charge in [0.2, 0.25) is 0 Å². The third kappa shape index (κ3) is 2.46. The lowest BCUT2D eigenvalue weighted by Crippen LogP contribution is -1.98. The number of aryl methyl sites for hydroxylation is 1. The van der Waals surface area contributed by atoms with E-state index < -0.39 is 0 Å². The summed E-state index contributed by atoms with van der Waals surface area (Å²) in [5, 5.41) is 4.53. The minimum atomic E-state index is 0.725. The fourth-order valence-corrected chi connectivity index (χ4v) is 2.69. The van der Waals surface area contributed by atoms with E-state index in [-0.39, 0.29) is 0 Å². The van der Waals surface area contributed by atoms with Gasteiger partial charge in [-0.15, -0.1) is 0 Å². The highest BCUT2D eigenvalue weighted by molar-refractivity contribution is 5.63. The van der Waals surface area contributed by atoms with E-state index in [1.54, 1.807) is 12.4 Å². The summed E-state index contributed by atoms with van der Waals surface area (Å²) in [6, 6.07) is 9.93. The first kappa shape index (κ1) is 13.6. The molecule has 0 radical (unpaired) electrons. The average Bonchev–Trinajstić information content (AvgIpc) is 3.01. The van der Waals surface area contributed by atoms with Gasteiger partial charge in [0.05, 0.1) is 11.9 Å². The third-order valence-corrected chi connectivity index (χ3v) is 3.93. The first-order valence-corrected chi connectivity index (χ1v) is 7.45. The zero-order valence-electron chi connectivity index (χ0n) is 12.7. The first-order chi connectivity index (χ1) is 11.3. The Labute approximate surface area is 133 Å². The van der Waals surface area contributed by atoms with Gasteiger partial charge >= 0.3 is 0 Å². The zero-order valence-corrected chi connectivity index (χ0v) is 12.7. The molecule has 0 aliphatic carbocycles. The van der Waals surface area contributed by atoms with Crippen LogP contribution in [0.1, 0.15) is 16.8 Å². The molecule has 0 spiro atoms. The maximum Gasteiger partial charge on any atom is 0.159 e. The van der Waals surface area contributed by atoms with Crippen LogP contribution in [0.5, 0.6) is 0 Å². The van der Waals surface area contributed by atoms with Crippen molar-refractivity contribution in [3.05, 3.63) is 78.1 Å². The van der Waals surface area contributed by atoms with Crippen LogP contribution in [0.25, 0.3) is 16.9 Å². The molecule has 5 heteroatoms. The Balaban J connectivity index is 1.81. The van der Waals surface area contributed by atoms with Gasteiger partial charge < -0.3 is 0 Å². The number of hydrogen-bond donors (Lipinski definition) is 0. The lowest BCUT2D eigenvalue weighted by molar-refractivity contribution is 0.947. The van der Waals surface area contributed by atoms with E-state index in [4.69, 9.17) is 0 Å². The molecule has 23 heavy (non-hydrogen) atoms. The fourth-order valence-electron chi connectivity index (χ4n) is 2.69. The second kappa shape index (κ2) is 5.61. The van der Waals surface area contributed by atoms with Gasteiger partial charge in [-0.25, -0.2) is 9.50 Å². The summed E-state index contributed by atoms with van der Waals surface area (Å²) in [5.41, 5.74) is 6.24. The second-order valence-corrected chi connectivity index (χ2v) is 5.41. The minimum absolute atomic E-state index is 0.725. The fraction of sp³-hybridized carbons (Fsp3) is 0.111. The normalized spacial score (nSPS) is 11.0. The Hall–Kier alpha value is -3.08. The topological polar surface area (TPSA) is 56.0 Å². The van der Waals surface area contributed by atoms with Crippen LogP contribution in [-0.4, -0.2) is 24.6 Å². The van der Waals surface area contributed by atoms with Gasteiger partial charge in [-0.3, -0.25) is 9.97 Å². The quantitative estimate of drug-likeness (QED) is 0.583. The van der Waals surface area contributed by atoms with E-state index in [1.165, 1.54) is 5.56 Å². The summed E-state index contributed by atoms with van der Waals surface area (Å²) in [6.45, 7) is 2.07. The molecule has 0 atom stereocenters. The largest absolute Gasteiger partial charge is 0.265 e. The predicted molar refractivity (Wildman–Crippen MR) is 88.0 cm³/mol. The summed E-state index contributed by atoms with van der Waals surface area (Å²) < 4.78 is 1.88. The van der Waals surface area contributed by atoms with Gasteiger partial charge in [0, 0.05) is 48.0 Å². The number of pyridine rings is 2. The minimum Gasteiger partial charge on any atom is -0.265 e. The molecule has 0 aromatic carbocycles. The van der Waals surface area contributed by atoms with Crippen molar-refractivity contribution in [2.75, 3.05) is 0 Å². The number of fused-ring (bicyclic) bond motifs is 1. The van der Waals surface area contributed by atoms with Crippen LogP contribution < -0.4 is 0 Å². The van der Waals surface area contributed by atoms with Crippen molar-refractivity contribution in [3.8, 4) is 11.3 Å². The van der Waals surface area contributed by atoms with Crippen molar-refractivity contribution in [2.45, 2.75) is 13.3 Å². The molecule has 0 saturated carbocycles. The molecule has 5 nitrogen and oxygen atoms in total. The van der Waals surface area contributed by atoms with Gasteiger partial charge in [-0.1, -0.05) is 6.07 Å². The van der Waals surface area contributed by atoms with E-state index in [0.29, 0.717) is 0 Å². The van der Waals surface area contributed by atoms with Gasteiger partial charge in [0.25, 0.3) is 0 Å². The molecule has 4 aromatic rings. The Morgan fingerprint density at radius 2 is 1.83 bits per heavy atom. The molecule has 0 aliphatic rings. The van der Waals surface area contributed by atoms with E-state index in [2.05, 4.69) is 33.0 Å². The van der Waals surface area contributed by atoms with E-state index >= 15 is 0 Å². The van der Waals surface area contributed by atoms with Gasteiger partial charge in [-0.2, -0.15) is 5.10 Å². The van der Waals surface area contributed by atoms with Crippen LogP contribution in [-0.2, 0) is 6.42 Å². The van der Waals surface area contributed by atoms with Gasteiger partial charge in [0.15, 0.2) is 5.65 Å². The molecule has 0 bridgehead atoms. The molecule has 0 amide bonds. The van der Waals surface area contributed by atoms with E-state index in [0.717, 1.165) is 34.6 Å². The monoisotopic (exact) mass is 301 g/mol. The molecule has 112 valence electrons. The van der Waals surface area contributed by atoms with Crippen LogP contribution in [0.2, 0.25) is 0 Å². The highest BCUT2D eigenvalue weighted by Crippen LogP contribution is 2.21. The van der Waals surface area contributed by atoms with E-state index in [9.17, 15) is 0 Å². The van der Waals surface area contributed by atoms with Crippen molar-refractivity contribution in [1.82, 2.24) is 24.6 Å². The smallest absolute Gasteiger partial charge is 0.159 e. The maximum absolute atomic E-state index is 4.53. The summed E-state index contributed by atoms with van der Waals surface area (Å²) in [6.07, 6.45) is 9.81. The van der Waals surface area contributed by atoms with Crippen molar-refractivity contribution in [3.63, 3.8) is 0 Å². The Morgan fingerprint density at radius 1 is 0.957 bits per heavy atom. The second-order valence-electron chi connectivity index (χ2n) is 5.41. The molecule has 0 fully saturated rings. The van der Waals surface area contributed by atoms with Crippen LogP contribution in [0.4, 0.5) is 0 Å². The maximum atomic E-state index is 4.53. The molecule has 0 N–H and O–H groups in total. The lowest BCUT2D eigenvalue weighted by Gasteiger charge is -2.05. The molecular formula is C18H15N5. The standard InChI is InChI=1S/C18H15N5/c1-13-3-2-7-20-16(13)11-15-12-22-23-17(6-10-21-18(15)23)14-4-8-19-9-5-14/h2-10,12H,11H2,1H3. The molecule has 4 rings (SSSR count). The van der Waals surface area contributed by atoms with Crippen molar-refractivity contribution >= 4 is 5.65 Å². The average molecular weight is 301 g/mol. The summed E-state index contributed by atoms with van der Waals surface area (Å²) >= 11 is 0. The van der Waals surface area contributed by atoms with Crippen LogP contribution in [0, 0.1) is 6.92 Å². The highest BCUT2D eigenvalue weighted by atomic mass is 15.3. The van der Waals surface area contributed by atoms with Crippen molar-refractivity contribution in [2.24, 2.45) is 0 Å². The highest BCUT2D eigenvalue weighted by Gasteiger charge is 2.11. The lowest BCUT2D eigenvalue weighted by atomic mass is 10.1. The zero-order chi connectivity index (χ0) is 15.6. The molecule has 0 aliphatic heterocycles. The Kier molecular flexibility index (Phi) is 3.31. The van der Waals surface area contributed by atoms with Crippen molar-refractivity contribution in [1.29, 1.82) is 0 Å². The summed E-state index contributed by atoms with van der Waals surface area (Å²) in [5.74, 6) is 0. The molecule has 4 aromatic heterocycles. The molecule has 4 heterocycles. The molecule has 0 saturated heterocycles. The number of nitrogens with zero attached hydrogens (tertiary/aromatic N) is 5. The van der Waals surface area contributed by atoms with Crippen LogP contribution >= 0.6 is 0 Å². The SMILES string of the molecule is Cc1cccnc1Cc1cnn2c(-c3ccncc3)ccnc12. The molecule has 0 unspecified atom stereocenters. The number of hydrogen-bond acceptors (Lipinski definition) is 4. The van der Waals surface area contributed by atoms with Gasteiger partial charge in [-0.05, 0) is 36.8 Å². The molecular weight excluding hydrogens is 286 g/mol. The van der Waals surface area contributed by atoms with Gasteiger partial charge in [0.1, 0.15) is 0 Å². The number of aromatic nitrogens is 5. The van der Waals surface area contributed by atoms with Crippen LogP contribution in [0.15, 0.2) is 61.3 Å². The van der Waals surface area contributed by atoms with E-state index in [1.807, 2.05) is 47.4 Å². The predicted octanol–water partition coefficient (Wildman–Crippen LogP) is 3.09.